The van der Waals surface area contributed by atoms with Crippen molar-refractivity contribution >= 4 is 17.3 Å². The number of nitrogens with zero attached hydrogens (tertiary/aromatic N) is 3. The van der Waals surface area contributed by atoms with Gasteiger partial charge in [-0.3, -0.25) is 9.48 Å². The largest absolute Gasteiger partial charge is 0.372 e. The van der Waals surface area contributed by atoms with E-state index in [-0.39, 0.29) is 5.91 Å². The molecule has 116 valence electrons. The molecule has 1 amide bonds. The van der Waals surface area contributed by atoms with Crippen LogP contribution in [0.5, 0.6) is 0 Å². The van der Waals surface area contributed by atoms with E-state index in [2.05, 4.69) is 27.4 Å². The van der Waals surface area contributed by atoms with Gasteiger partial charge in [-0.1, -0.05) is 0 Å². The van der Waals surface area contributed by atoms with Crippen molar-refractivity contribution in [1.82, 2.24) is 9.78 Å². The zero-order chi connectivity index (χ0) is 15.5. The molecule has 0 spiro atoms. The lowest BCUT2D eigenvalue weighted by Crippen LogP contribution is -2.18. The van der Waals surface area contributed by atoms with E-state index in [0.29, 0.717) is 6.42 Å². The van der Waals surface area contributed by atoms with Gasteiger partial charge in [0.05, 0.1) is 12.1 Å². The lowest BCUT2D eigenvalue weighted by atomic mass is 10.2. The first kappa shape index (κ1) is 14.6. The van der Waals surface area contributed by atoms with E-state index in [1.807, 2.05) is 32.2 Å². The number of carbonyl (C=O) groups excluding carboxylic acids is 1. The van der Waals surface area contributed by atoms with E-state index >= 15 is 0 Å². The van der Waals surface area contributed by atoms with Gasteiger partial charge in [-0.2, -0.15) is 5.10 Å². The maximum Gasteiger partial charge on any atom is 0.230 e. The molecule has 0 atom stereocenters. The first-order chi connectivity index (χ1) is 10.6. The van der Waals surface area contributed by atoms with Gasteiger partial charge in [-0.15, -0.1) is 0 Å². The molecule has 5 nitrogen and oxygen atoms in total. The van der Waals surface area contributed by atoms with E-state index in [1.54, 1.807) is 4.68 Å². The van der Waals surface area contributed by atoms with Crippen LogP contribution in [0.15, 0.2) is 30.3 Å². The molecule has 22 heavy (non-hydrogen) atoms. The summed E-state index contributed by atoms with van der Waals surface area (Å²) >= 11 is 0. The number of rotatable bonds is 4. The normalized spacial score (nSPS) is 14.4. The van der Waals surface area contributed by atoms with Crippen LogP contribution in [0.3, 0.4) is 0 Å². The van der Waals surface area contributed by atoms with Crippen LogP contribution in [0, 0.1) is 6.92 Å². The van der Waals surface area contributed by atoms with Crippen molar-refractivity contribution in [3.63, 3.8) is 0 Å². The van der Waals surface area contributed by atoms with Crippen molar-refractivity contribution in [2.45, 2.75) is 26.2 Å². The molecule has 1 N–H and O–H groups in total. The molecular weight excluding hydrogens is 276 g/mol. The predicted molar refractivity (Wildman–Crippen MR) is 88.2 cm³/mol. The Hall–Kier alpha value is -2.30. The Morgan fingerprint density at radius 2 is 1.91 bits per heavy atom. The third kappa shape index (κ3) is 3.30. The predicted octanol–water partition coefficient (Wildman–Crippen LogP) is 2.51. The molecule has 1 aromatic heterocycles. The number of aryl methyl sites for hydroxylation is 2. The molecule has 2 heterocycles. The molecule has 1 aliphatic rings. The summed E-state index contributed by atoms with van der Waals surface area (Å²) in [5, 5.41) is 7.20. The fourth-order valence-corrected chi connectivity index (χ4v) is 2.93. The van der Waals surface area contributed by atoms with Gasteiger partial charge in [-0.25, -0.2) is 0 Å². The number of benzene rings is 1. The molecule has 0 bridgehead atoms. The van der Waals surface area contributed by atoms with E-state index < -0.39 is 0 Å². The Kier molecular flexibility index (Phi) is 4.13. The van der Waals surface area contributed by atoms with Crippen molar-refractivity contribution in [3.8, 4) is 0 Å². The van der Waals surface area contributed by atoms with Gasteiger partial charge in [0.25, 0.3) is 0 Å². The minimum atomic E-state index is -0.0167. The highest BCUT2D eigenvalue weighted by molar-refractivity contribution is 5.92. The fourth-order valence-electron chi connectivity index (χ4n) is 2.93. The Morgan fingerprint density at radius 1 is 1.23 bits per heavy atom. The Balaban J connectivity index is 1.60. The summed E-state index contributed by atoms with van der Waals surface area (Å²) < 4.78 is 1.76. The number of hydrogen-bond donors (Lipinski definition) is 1. The maximum atomic E-state index is 12.1. The highest BCUT2D eigenvalue weighted by Crippen LogP contribution is 2.22. The molecule has 1 fully saturated rings. The SMILES string of the molecule is Cc1cc(CC(=O)Nc2ccc(N3CCCC3)cc2)n(C)n1. The molecule has 3 rings (SSSR count). The molecule has 1 saturated heterocycles. The van der Waals surface area contributed by atoms with Crippen molar-refractivity contribution in [2.24, 2.45) is 7.05 Å². The summed E-state index contributed by atoms with van der Waals surface area (Å²) in [6.07, 6.45) is 2.87. The van der Waals surface area contributed by atoms with Crippen molar-refractivity contribution in [2.75, 3.05) is 23.3 Å². The van der Waals surface area contributed by atoms with Crippen LogP contribution in [0.4, 0.5) is 11.4 Å². The van der Waals surface area contributed by atoms with E-state index in [1.165, 1.54) is 18.5 Å². The summed E-state index contributed by atoms with van der Waals surface area (Å²) in [5.74, 6) is -0.0167. The van der Waals surface area contributed by atoms with Crippen molar-refractivity contribution < 1.29 is 4.79 Å². The maximum absolute atomic E-state index is 12.1. The van der Waals surface area contributed by atoms with E-state index in [0.717, 1.165) is 30.2 Å². The molecule has 0 unspecified atom stereocenters. The summed E-state index contributed by atoms with van der Waals surface area (Å²) in [6.45, 7) is 4.19. The van der Waals surface area contributed by atoms with Crippen LogP contribution >= 0.6 is 0 Å². The lowest BCUT2D eigenvalue weighted by molar-refractivity contribution is -0.115. The van der Waals surface area contributed by atoms with E-state index in [9.17, 15) is 4.79 Å². The zero-order valence-electron chi connectivity index (χ0n) is 13.2. The number of anilines is 2. The van der Waals surface area contributed by atoms with Crippen LogP contribution in [-0.2, 0) is 18.3 Å². The monoisotopic (exact) mass is 298 g/mol. The van der Waals surface area contributed by atoms with Crippen LogP contribution in [0.2, 0.25) is 0 Å². The molecule has 5 heteroatoms. The topological polar surface area (TPSA) is 50.2 Å². The molecule has 1 aliphatic heterocycles. The van der Waals surface area contributed by atoms with Crippen molar-refractivity contribution in [3.05, 3.63) is 41.7 Å². The summed E-state index contributed by atoms with van der Waals surface area (Å²) in [4.78, 5) is 14.5. The van der Waals surface area contributed by atoms with Gasteiger partial charge in [-0.05, 0) is 50.1 Å². The summed E-state index contributed by atoms with van der Waals surface area (Å²) in [5.41, 5.74) is 3.92. The Bertz CT molecular complexity index is 654. The first-order valence-electron chi connectivity index (χ1n) is 7.76. The van der Waals surface area contributed by atoms with Crippen molar-refractivity contribution in [1.29, 1.82) is 0 Å². The average Bonchev–Trinajstić information content (AvgIpc) is 3.10. The number of nitrogens with one attached hydrogen (secondary N) is 1. The molecule has 2 aromatic rings. The lowest BCUT2D eigenvalue weighted by Gasteiger charge is -2.17. The number of amides is 1. The smallest absolute Gasteiger partial charge is 0.230 e. The second kappa shape index (κ2) is 6.22. The molecule has 0 saturated carbocycles. The van der Waals surface area contributed by atoms with Crippen LogP contribution < -0.4 is 10.2 Å². The van der Waals surface area contributed by atoms with Gasteiger partial charge >= 0.3 is 0 Å². The number of carbonyl (C=O) groups is 1. The summed E-state index contributed by atoms with van der Waals surface area (Å²) in [6, 6.07) is 10.0. The quantitative estimate of drug-likeness (QED) is 0.943. The second-order valence-corrected chi connectivity index (χ2v) is 5.87. The Morgan fingerprint density at radius 3 is 2.50 bits per heavy atom. The highest BCUT2D eigenvalue weighted by atomic mass is 16.1. The number of aromatic nitrogens is 2. The third-order valence-corrected chi connectivity index (χ3v) is 4.06. The average molecular weight is 298 g/mol. The van der Waals surface area contributed by atoms with Gasteiger partial charge in [0.15, 0.2) is 0 Å². The molecule has 0 radical (unpaired) electrons. The van der Waals surface area contributed by atoms with Gasteiger partial charge in [0, 0.05) is 37.2 Å². The summed E-state index contributed by atoms with van der Waals surface area (Å²) in [7, 11) is 1.86. The second-order valence-electron chi connectivity index (χ2n) is 5.87. The van der Waals surface area contributed by atoms with E-state index in [4.69, 9.17) is 0 Å². The molecule has 1 aromatic carbocycles. The van der Waals surface area contributed by atoms with Crippen LogP contribution in [0.25, 0.3) is 0 Å². The highest BCUT2D eigenvalue weighted by Gasteiger charge is 2.12. The van der Waals surface area contributed by atoms with Crippen LogP contribution in [-0.4, -0.2) is 28.8 Å². The third-order valence-electron chi connectivity index (χ3n) is 4.06. The number of hydrogen-bond acceptors (Lipinski definition) is 3. The first-order valence-corrected chi connectivity index (χ1v) is 7.76. The molecular formula is C17H22N4O. The zero-order valence-corrected chi connectivity index (χ0v) is 13.2. The molecule has 0 aliphatic carbocycles. The standard InChI is InChI=1S/C17H22N4O/c1-13-11-16(20(2)19-13)12-17(22)18-14-5-7-15(8-6-14)21-9-3-4-10-21/h5-8,11H,3-4,9-10,12H2,1-2H3,(H,18,22). The fraction of sp³-hybridized carbons (Fsp3) is 0.412. The van der Waals surface area contributed by atoms with Crippen LogP contribution in [0.1, 0.15) is 24.2 Å². The Labute approximate surface area is 130 Å². The van der Waals surface area contributed by atoms with Gasteiger partial charge in [0.1, 0.15) is 0 Å². The van der Waals surface area contributed by atoms with Gasteiger partial charge in [0.2, 0.25) is 5.91 Å². The minimum Gasteiger partial charge on any atom is -0.372 e. The minimum absolute atomic E-state index is 0.0167. The van der Waals surface area contributed by atoms with Gasteiger partial charge < -0.3 is 10.2 Å².